The summed E-state index contributed by atoms with van der Waals surface area (Å²) in [6, 6.07) is 0.490. The Labute approximate surface area is 94.2 Å². The van der Waals surface area contributed by atoms with Crippen molar-refractivity contribution in [3.63, 3.8) is 0 Å². The Morgan fingerprint density at radius 3 is 2.73 bits per heavy atom. The third-order valence-electron chi connectivity index (χ3n) is 3.62. The molecule has 3 atom stereocenters. The lowest BCUT2D eigenvalue weighted by Crippen LogP contribution is -2.53. The number of likely N-dealkylation sites (N-methyl/N-ethyl adjacent to an activating group) is 2. The van der Waals surface area contributed by atoms with Crippen LogP contribution in [0.5, 0.6) is 0 Å². The number of ether oxygens (including phenoxy) is 1. The van der Waals surface area contributed by atoms with E-state index in [2.05, 4.69) is 31.0 Å². The van der Waals surface area contributed by atoms with E-state index in [1.807, 2.05) is 7.05 Å². The molecule has 1 fully saturated rings. The fourth-order valence-electron chi connectivity index (χ4n) is 2.33. The molecule has 0 radical (unpaired) electrons. The molecule has 0 spiro atoms. The molecule has 3 heteroatoms. The molecule has 1 aliphatic heterocycles. The van der Waals surface area contributed by atoms with Crippen LogP contribution in [0.2, 0.25) is 0 Å². The zero-order valence-corrected chi connectivity index (χ0v) is 10.6. The number of hydrogen-bond acceptors (Lipinski definition) is 3. The molecule has 0 aromatic carbocycles. The van der Waals surface area contributed by atoms with E-state index in [1.54, 1.807) is 0 Å². The molecule has 1 heterocycles. The van der Waals surface area contributed by atoms with Gasteiger partial charge < -0.3 is 10.1 Å². The van der Waals surface area contributed by atoms with Gasteiger partial charge in [-0.15, -0.1) is 0 Å². The van der Waals surface area contributed by atoms with Crippen LogP contribution < -0.4 is 5.32 Å². The third-order valence-corrected chi connectivity index (χ3v) is 3.62. The molecule has 0 saturated carbocycles. The van der Waals surface area contributed by atoms with Gasteiger partial charge in [-0.3, -0.25) is 4.90 Å². The maximum absolute atomic E-state index is 5.88. The number of morpholine rings is 1. The van der Waals surface area contributed by atoms with Gasteiger partial charge in [0.25, 0.3) is 0 Å². The van der Waals surface area contributed by atoms with Crippen LogP contribution in [-0.4, -0.2) is 50.3 Å². The minimum atomic E-state index is 0.360. The average Bonchev–Trinajstić information content (AvgIpc) is 2.30. The number of nitrogens with one attached hydrogen (secondary N) is 1. The average molecular weight is 214 g/mol. The van der Waals surface area contributed by atoms with Crippen LogP contribution >= 0.6 is 0 Å². The Hall–Kier alpha value is -0.120. The summed E-state index contributed by atoms with van der Waals surface area (Å²) in [7, 11) is 2.05. The summed E-state index contributed by atoms with van der Waals surface area (Å²) in [5, 5.41) is 3.42. The fourth-order valence-corrected chi connectivity index (χ4v) is 2.33. The van der Waals surface area contributed by atoms with Crippen molar-refractivity contribution in [1.82, 2.24) is 10.2 Å². The van der Waals surface area contributed by atoms with Crippen LogP contribution in [0.3, 0.4) is 0 Å². The van der Waals surface area contributed by atoms with E-state index in [0.717, 1.165) is 26.2 Å². The Bertz CT molecular complexity index is 175. The quantitative estimate of drug-likeness (QED) is 0.747. The molecular weight excluding hydrogens is 188 g/mol. The Kier molecular flexibility index (Phi) is 5.58. The molecule has 1 N–H and O–H groups in total. The molecule has 1 saturated heterocycles. The molecule has 15 heavy (non-hydrogen) atoms. The van der Waals surface area contributed by atoms with Crippen molar-refractivity contribution in [2.75, 3.05) is 33.3 Å². The van der Waals surface area contributed by atoms with E-state index in [1.165, 1.54) is 6.42 Å². The first kappa shape index (κ1) is 12.9. The molecular formula is C12H26N2O. The number of nitrogens with zero attached hydrogens (tertiary/aromatic N) is 1. The van der Waals surface area contributed by atoms with Crippen LogP contribution in [-0.2, 0) is 4.74 Å². The topological polar surface area (TPSA) is 24.5 Å². The first-order valence-electron chi connectivity index (χ1n) is 6.24. The third kappa shape index (κ3) is 3.44. The monoisotopic (exact) mass is 214 g/mol. The van der Waals surface area contributed by atoms with Crippen molar-refractivity contribution in [3.8, 4) is 0 Å². The van der Waals surface area contributed by atoms with E-state index in [-0.39, 0.29) is 0 Å². The van der Waals surface area contributed by atoms with Crippen molar-refractivity contribution >= 4 is 0 Å². The van der Waals surface area contributed by atoms with Gasteiger partial charge >= 0.3 is 0 Å². The van der Waals surface area contributed by atoms with Gasteiger partial charge in [0.2, 0.25) is 0 Å². The minimum absolute atomic E-state index is 0.360. The number of rotatable bonds is 5. The second kappa shape index (κ2) is 6.46. The van der Waals surface area contributed by atoms with Gasteiger partial charge in [-0.25, -0.2) is 0 Å². The largest absolute Gasteiger partial charge is 0.374 e. The van der Waals surface area contributed by atoms with Crippen LogP contribution in [0.25, 0.3) is 0 Å². The maximum Gasteiger partial charge on any atom is 0.0857 e. The van der Waals surface area contributed by atoms with E-state index in [4.69, 9.17) is 4.74 Å². The Balaban J connectivity index is 2.51. The summed E-state index contributed by atoms with van der Waals surface area (Å²) in [5.74, 6) is 0.678. The maximum atomic E-state index is 5.88. The van der Waals surface area contributed by atoms with Gasteiger partial charge in [0, 0.05) is 19.1 Å². The lowest BCUT2D eigenvalue weighted by atomic mass is 9.93. The summed E-state index contributed by atoms with van der Waals surface area (Å²) in [6.45, 7) is 10.9. The normalized spacial score (nSPS) is 27.6. The lowest BCUT2D eigenvalue weighted by molar-refractivity contribution is -0.0527. The molecule has 0 aliphatic carbocycles. The van der Waals surface area contributed by atoms with Gasteiger partial charge in [-0.1, -0.05) is 27.2 Å². The van der Waals surface area contributed by atoms with Crippen LogP contribution in [0.4, 0.5) is 0 Å². The molecule has 90 valence electrons. The molecule has 1 aliphatic rings. The highest BCUT2D eigenvalue weighted by atomic mass is 16.5. The van der Waals surface area contributed by atoms with E-state index in [9.17, 15) is 0 Å². The highest BCUT2D eigenvalue weighted by Gasteiger charge is 2.29. The molecule has 0 bridgehead atoms. The molecule has 0 amide bonds. The van der Waals surface area contributed by atoms with Crippen LogP contribution in [0, 0.1) is 5.92 Å². The summed E-state index contributed by atoms with van der Waals surface area (Å²) in [5.41, 5.74) is 0. The van der Waals surface area contributed by atoms with Crippen LogP contribution in [0.1, 0.15) is 27.2 Å². The zero-order valence-electron chi connectivity index (χ0n) is 10.6. The molecule has 3 unspecified atom stereocenters. The van der Waals surface area contributed by atoms with Gasteiger partial charge in [-0.2, -0.15) is 0 Å². The van der Waals surface area contributed by atoms with Gasteiger partial charge in [0.1, 0.15) is 0 Å². The van der Waals surface area contributed by atoms with Crippen molar-refractivity contribution in [3.05, 3.63) is 0 Å². The summed E-state index contributed by atoms with van der Waals surface area (Å²) < 4.78 is 5.88. The highest BCUT2D eigenvalue weighted by Crippen LogP contribution is 2.17. The Morgan fingerprint density at radius 1 is 1.47 bits per heavy atom. The predicted molar refractivity (Wildman–Crippen MR) is 64.2 cm³/mol. The first-order valence-corrected chi connectivity index (χ1v) is 6.24. The molecule has 0 aromatic rings. The van der Waals surface area contributed by atoms with E-state index < -0.39 is 0 Å². The lowest BCUT2D eigenvalue weighted by Gasteiger charge is -2.38. The van der Waals surface area contributed by atoms with E-state index >= 15 is 0 Å². The molecule has 1 rings (SSSR count). The molecule has 3 nitrogen and oxygen atoms in total. The van der Waals surface area contributed by atoms with Crippen molar-refractivity contribution in [1.29, 1.82) is 0 Å². The summed E-state index contributed by atoms with van der Waals surface area (Å²) in [4.78, 5) is 2.47. The first-order chi connectivity index (χ1) is 7.22. The van der Waals surface area contributed by atoms with Gasteiger partial charge in [-0.05, 0) is 19.5 Å². The summed E-state index contributed by atoms with van der Waals surface area (Å²) >= 11 is 0. The van der Waals surface area contributed by atoms with Crippen LogP contribution in [0.15, 0.2) is 0 Å². The van der Waals surface area contributed by atoms with Crippen molar-refractivity contribution in [2.45, 2.75) is 39.3 Å². The predicted octanol–water partition coefficient (Wildman–Crippen LogP) is 1.34. The Morgan fingerprint density at radius 2 is 2.20 bits per heavy atom. The second-order valence-electron chi connectivity index (χ2n) is 4.50. The minimum Gasteiger partial charge on any atom is -0.374 e. The zero-order chi connectivity index (χ0) is 11.3. The van der Waals surface area contributed by atoms with Gasteiger partial charge in [0.05, 0.1) is 12.7 Å². The second-order valence-corrected chi connectivity index (χ2v) is 4.50. The van der Waals surface area contributed by atoms with Gasteiger partial charge in [0.15, 0.2) is 0 Å². The smallest absolute Gasteiger partial charge is 0.0857 e. The van der Waals surface area contributed by atoms with Crippen molar-refractivity contribution < 1.29 is 4.74 Å². The number of hydrogen-bond donors (Lipinski definition) is 1. The fraction of sp³-hybridized carbons (Fsp3) is 1.00. The van der Waals surface area contributed by atoms with E-state index in [0.29, 0.717) is 18.1 Å². The SMILES string of the molecule is CCC(C)C(NC)C1CN(CC)CCO1. The summed E-state index contributed by atoms with van der Waals surface area (Å²) in [6.07, 6.45) is 1.57. The molecule has 0 aromatic heterocycles. The standard InChI is InChI=1S/C12H26N2O/c1-5-10(3)12(13-4)11-9-14(6-2)7-8-15-11/h10-13H,5-9H2,1-4H3. The highest BCUT2D eigenvalue weighted by molar-refractivity contribution is 4.84. The van der Waals surface area contributed by atoms with Crippen molar-refractivity contribution in [2.24, 2.45) is 5.92 Å².